The van der Waals surface area contributed by atoms with E-state index < -0.39 is 5.92 Å². The Labute approximate surface area is 149 Å². The van der Waals surface area contributed by atoms with E-state index >= 15 is 0 Å². The van der Waals surface area contributed by atoms with Crippen LogP contribution in [0.3, 0.4) is 0 Å². The summed E-state index contributed by atoms with van der Waals surface area (Å²) in [6.07, 6.45) is 0.0666. The molecule has 1 aliphatic heterocycles. The van der Waals surface area contributed by atoms with E-state index in [-0.39, 0.29) is 17.9 Å². The molecule has 0 fully saturated rings. The number of carbonyl (C=O) groups excluding carboxylic acids is 1. The number of methoxy groups -OCH3 is 2. The maximum atomic E-state index is 12.8. The van der Waals surface area contributed by atoms with Crippen LogP contribution in [0.25, 0.3) is 10.9 Å². The van der Waals surface area contributed by atoms with Gasteiger partial charge in [0.05, 0.1) is 31.7 Å². The molecule has 0 spiro atoms. The average molecular weight is 351 g/mol. The van der Waals surface area contributed by atoms with Crippen molar-refractivity contribution >= 4 is 16.9 Å². The minimum atomic E-state index is -0.458. The molecular weight excluding hydrogens is 334 g/mol. The number of ether oxygens (including phenoxy) is 3. The number of rotatable bonds is 3. The van der Waals surface area contributed by atoms with Gasteiger partial charge in [0.25, 0.3) is 5.56 Å². The van der Waals surface area contributed by atoms with Crippen LogP contribution in [0.5, 0.6) is 17.2 Å². The van der Waals surface area contributed by atoms with Crippen LogP contribution in [0.2, 0.25) is 0 Å². The molecule has 2 aromatic carbocycles. The third-order valence-electron chi connectivity index (χ3n) is 4.66. The molecule has 1 aliphatic rings. The number of aromatic nitrogens is 1. The van der Waals surface area contributed by atoms with Crippen molar-refractivity contribution in [2.24, 2.45) is 0 Å². The third-order valence-corrected chi connectivity index (χ3v) is 4.66. The summed E-state index contributed by atoms with van der Waals surface area (Å²) in [5.41, 5.74) is 1.54. The highest BCUT2D eigenvalue weighted by molar-refractivity contribution is 5.91. The van der Waals surface area contributed by atoms with Gasteiger partial charge >= 0.3 is 5.97 Å². The highest BCUT2D eigenvalue weighted by atomic mass is 16.5. The molecule has 4 rings (SSSR count). The van der Waals surface area contributed by atoms with Gasteiger partial charge in [-0.1, -0.05) is 18.2 Å². The van der Waals surface area contributed by atoms with Crippen molar-refractivity contribution in [3.8, 4) is 17.2 Å². The van der Waals surface area contributed by atoms with Gasteiger partial charge in [0, 0.05) is 22.9 Å². The van der Waals surface area contributed by atoms with E-state index in [0.717, 1.165) is 5.56 Å². The van der Waals surface area contributed by atoms with Gasteiger partial charge in [0.15, 0.2) is 0 Å². The van der Waals surface area contributed by atoms with Crippen molar-refractivity contribution in [2.45, 2.75) is 12.3 Å². The lowest BCUT2D eigenvalue weighted by Gasteiger charge is -2.26. The van der Waals surface area contributed by atoms with Crippen LogP contribution in [-0.2, 0) is 4.79 Å². The molecule has 1 aromatic heterocycles. The highest BCUT2D eigenvalue weighted by Gasteiger charge is 2.34. The Hall–Kier alpha value is -3.28. The second-order valence-electron chi connectivity index (χ2n) is 6.08. The standard InChI is InChI=1S/C20H17NO5/c1-24-11-7-8-12(16(9-11)25-2)14-10-17(22)26-19-13-5-3-4-6-15(13)21-20(23)18(14)19/h3-9,14H,10H2,1-2H3,(H,21,23)/t14-/m0/s1. The largest absolute Gasteiger partial charge is 0.497 e. The summed E-state index contributed by atoms with van der Waals surface area (Å²) in [4.78, 5) is 27.9. The van der Waals surface area contributed by atoms with Crippen molar-refractivity contribution in [1.29, 1.82) is 0 Å². The Kier molecular flexibility index (Phi) is 3.88. The van der Waals surface area contributed by atoms with Crippen LogP contribution in [-0.4, -0.2) is 25.2 Å². The maximum Gasteiger partial charge on any atom is 0.312 e. The van der Waals surface area contributed by atoms with E-state index in [4.69, 9.17) is 14.2 Å². The Morgan fingerprint density at radius 1 is 1.08 bits per heavy atom. The number of esters is 1. The first kappa shape index (κ1) is 16.2. The molecule has 0 bridgehead atoms. The van der Waals surface area contributed by atoms with E-state index in [1.807, 2.05) is 24.3 Å². The quantitative estimate of drug-likeness (QED) is 0.734. The maximum absolute atomic E-state index is 12.8. The van der Waals surface area contributed by atoms with Crippen molar-refractivity contribution in [3.63, 3.8) is 0 Å². The predicted octanol–water partition coefficient (Wildman–Crippen LogP) is 2.99. The molecule has 6 nitrogen and oxygen atoms in total. The van der Waals surface area contributed by atoms with Crippen LogP contribution in [0.4, 0.5) is 0 Å². The monoisotopic (exact) mass is 351 g/mol. The fourth-order valence-corrected chi connectivity index (χ4v) is 3.45. The Bertz CT molecular complexity index is 1070. The number of pyridine rings is 1. The summed E-state index contributed by atoms with van der Waals surface area (Å²) in [6.45, 7) is 0. The predicted molar refractivity (Wildman–Crippen MR) is 96.2 cm³/mol. The molecule has 26 heavy (non-hydrogen) atoms. The molecule has 6 heteroatoms. The molecule has 132 valence electrons. The van der Waals surface area contributed by atoms with Crippen LogP contribution >= 0.6 is 0 Å². The summed E-state index contributed by atoms with van der Waals surface area (Å²) >= 11 is 0. The fourth-order valence-electron chi connectivity index (χ4n) is 3.45. The molecule has 3 aromatic rings. The second kappa shape index (κ2) is 6.22. The van der Waals surface area contributed by atoms with Crippen LogP contribution < -0.4 is 19.8 Å². The first-order chi connectivity index (χ1) is 12.6. The van der Waals surface area contributed by atoms with Gasteiger partial charge in [-0.05, 0) is 18.2 Å². The highest BCUT2D eigenvalue weighted by Crippen LogP contribution is 2.43. The molecule has 0 saturated heterocycles. The number of benzene rings is 2. The topological polar surface area (TPSA) is 77.6 Å². The van der Waals surface area contributed by atoms with Crippen molar-refractivity contribution in [2.75, 3.05) is 14.2 Å². The summed E-state index contributed by atoms with van der Waals surface area (Å²) in [5.74, 6) is 0.680. The van der Waals surface area contributed by atoms with Gasteiger partial charge in [0.2, 0.25) is 0 Å². The van der Waals surface area contributed by atoms with Crippen molar-refractivity contribution in [3.05, 3.63) is 63.9 Å². The minimum absolute atomic E-state index is 0.0666. The van der Waals surface area contributed by atoms with E-state index in [2.05, 4.69) is 4.98 Å². The van der Waals surface area contributed by atoms with E-state index in [1.54, 1.807) is 32.4 Å². The smallest absolute Gasteiger partial charge is 0.312 e. The van der Waals surface area contributed by atoms with E-state index in [1.165, 1.54) is 0 Å². The first-order valence-corrected chi connectivity index (χ1v) is 8.20. The molecule has 1 atom stereocenters. The lowest BCUT2D eigenvalue weighted by molar-refractivity contribution is -0.135. The Morgan fingerprint density at radius 2 is 1.88 bits per heavy atom. The number of hydrogen-bond donors (Lipinski definition) is 1. The number of fused-ring (bicyclic) bond motifs is 3. The average Bonchev–Trinajstić information content (AvgIpc) is 2.66. The lowest BCUT2D eigenvalue weighted by atomic mass is 9.85. The summed E-state index contributed by atoms with van der Waals surface area (Å²) in [5, 5.41) is 0.702. The Morgan fingerprint density at radius 3 is 2.65 bits per heavy atom. The molecular formula is C20H17NO5. The van der Waals surface area contributed by atoms with Gasteiger partial charge < -0.3 is 19.2 Å². The van der Waals surface area contributed by atoms with Gasteiger partial charge in [-0.15, -0.1) is 0 Å². The zero-order chi connectivity index (χ0) is 18.3. The zero-order valence-electron chi connectivity index (χ0n) is 14.4. The number of H-pyrrole nitrogens is 1. The summed E-state index contributed by atoms with van der Waals surface area (Å²) in [6, 6.07) is 12.6. The molecule has 1 N–H and O–H groups in total. The number of para-hydroxylation sites is 1. The third kappa shape index (κ3) is 2.50. The van der Waals surface area contributed by atoms with Gasteiger partial charge in [-0.25, -0.2) is 0 Å². The number of carbonyl (C=O) groups is 1. The molecule has 0 aliphatic carbocycles. The Balaban J connectivity index is 1.98. The number of hydrogen-bond acceptors (Lipinski definition) is 5. The molecule has 0 radical (unpaired) electrons. The van der Waals surface area contributed by atoms with Gasteiger partial charge in [-0.2, -0.15) is 0 Å². The first-order valence-electron chi connectivity index (χ1n) is 8.20. The van der Waals surface area contributed by atoms with Gasteiger partial charge in [0.1, 0.15) is 17.2 Å². The number of aromatic amines is 1. The lowest BCUT2D eigenvalue weighted by Crippen LogP contribution is -2.28. The molecule has 2 heterocycles. The summed E-state index contributed by atoms with van der Waals surface area (Å²) < 4.78 is 16.2. The molecule has 0 saturated carbocycles. The van der Waals surface area contributed by atoms with Crippen molar-refractivity contribution < 1.29 is 19.0 Å². The summed E-state index contributed by atoms with van der Waals surface area (Å²) in [7, 11) is 3.11. The fraction of sp³-hybridized carbons (Fsp3) is 0.200. The number of nitrogens with one attached hydrogen (secondary N) is 1. The zero-order valence-corrected chi connectivity index (χ0v) is 14.4. The minimum Gasteiger partial charge on any atom is -0.497 e. The van der Waals surface area contributed by atoms with E-state index in [9.17, 15) is 9.59 Å². The normalized spacial score (nSPS) is 16.1. The van der Waals surface area contributed by atoms with Gasteiger partial charge in [-0.3, -0.25) is 9.59 Å². The molecule has 0 amide bonds. The molecule has 0 unspecified atom stereocenters. The van der Waals surface area contributed by atoms with Crippen LogP contribution in [0.1, 0.15) is 23.5 Å². The van der Waals surface area contributed by atoms with Crippen LogP contribution in [0.15, 0.2) is 47.3 Å². The SMILES string of the molecule is COc1ccc([C@@H]2CC(=O)Oc3c2c(=O)[nH]c2ccccc32)c(OC)c1. The second-order valence-corrected chi connectivity index (χ2v) is 6.08. The van der Waals surface area contributed by atoms with Crippen molar-refractivity contribution in [1.82, 2.24) is 4.98 Å². The van der Waals surface area contributed by atoms with E-state index in [0.29, 0.717) is 33.7 Å². The van der Waals surface area contributed by atoms with Crippen LogP contribution in [0, 0.1) is 0 Å².